The third-order valence-corrected chi connectivity index (χ3v) is 8.24. The number of allylic oxidation sites excluding steroid dienone is 4. The van der Waals surface area contributed by atoms with Crippen LogP contribution in [0.1, 0.15) is 44.4 Å². The van der Waals surface area contributed by atoms with Crippen molar-refractivity contribution in [2.75, 3.05) is 31.9 Å². The lowest BCUT2D eigenvalue weighted by atomic mass is 9.73. The molecule has 2 aliphatic heterocycles. The van der Waals surface area contributed by atoms with Crippen LogP contribution in [0.15, 0.2) is 73.0 Å². The molecule has 0 unspecified atom stereocenters. The number of hydrogen-bond donors (Lipinski definition) is 2. The fourth-order valence-corrected chi connectivity index (χ4v) is 5.75. The quantitative estimate of drug-likeness (QED) is 0.308. The molecule has 4 aromatic rings. The highest BCUT2D eigenvalue weighted by Gasteiger charge is 2.39. The first-order valence-electron chi connectivity index (χ1n) is 14.1. The Balaban J connectivity index is 1.36. The van der Waals surface area contributed by atoms with Crippen LogP contribution in [-0.2, 0) is 6.54 Å². The van der Waals surface area contributed by atoms with Crippen molar-refractivity contribution in [3.05, 3.63) is 84.2 Å². The van der Waals surface area contributed by atoms with Crippen LogP contribution >= 0.6 is 0 Å². The largest absolute Gasteiger partial charge is 0.383 e. The number of imidazole rings is 1. The number of nitrogen functional groups attached to an aromatic ring is 1. The Bertz CT molecular complexity index is 1520. The Morgan fingerprint density at radius 3 is 2.51 bits per heavy atom. The Kier molecular flexibility index (Phi) is 7.02. The molecule has 1 aromatic carbocycles. The maximum absolute atomic E-state index is 6.32. The van der Waals surface area contributed by atoms with E-state index in [9.17, 15) is 0 Å². The molecule has 3 N–H and O–H groups in total. The topological polar surface area (TPSA) is 84.9 Å². The van der Waals surface area contributed by atoms with Crippen LogP contribution in [0.3, 0.4) is 0 Å². The molecule has 3 aromatic heterocycles. The van der Waals surface area contributed by atoms with E-state index in [-0.39, 0.29) is 0 Å². The lowest BCUT2D eigenvalue weighted by Gasteiger charge is -2.48. The summed E-state index contributed by atoms with van der Waals surface area (Å²) in [5.41, 5.74) is 13.7. The molecule has 6 rings (SSSR count). The molecule has 0 amide bonds. The first kappa shape index (κ1) is 25.5. The number of nitrogens with zero attached hydrogens (tertiary/aromatic N) is 5. The summed E-state index contributed by atoms with van der Waals surface area (Å²) in [6.45, 7) is 9.89. The fraction of sp³-hybridized carbons (Fsp3) is 0.344. The molecular formula is C32H37N7. The van der Waals surface area contributed by atoms with Gasteiger partial charge in [0.05, 0.1) is 11.3 Å². The van der Waals surface area contributed by atoms with Crippen molar-refractivity contribution in [3.63, 3.8) is 0 Å². The Hall–Kier alpha value is -3.81. The molecule has 7 nitrogen and oxygen atoms in total. The number of piperidine rings is 1. The lowest BCUT2D eigenvalue weighted by molar-refractivity contribution is 0.0520. The van der Waals surface area contributed by atoms with E-state index in [0.29, 0.717) is 11.2 Å². The van der Waals surface area contributed by atoms with E-state index in [1.54, 1.807) is 6.20 Å². The molecule has 0 radical (unpaired) electrons. The van der Waals surface area contributed by atoms with E-state index < -0.39 is 0 Å². The van der Waals surface area contributed by atoms with Gasteiger partial charge in [0, 0.05) is 31.5 Å². The summed E-state index contributed by atoms with van der Waals surface area (Å²) in [6.07, 6.45) is 11.7. The number of likely N-dealkylation sites (tertiary alicyclic amines) is 1. The molecule has 0 saturated carbocycles. The third-order valence-electron chi connectivity index (χ3n) is 8.24. The monoisotopic (exact) mass is 519 g/mol. The summed E-state index contributed by atoms with van der Waals surface area (Å²) < 4.78 is 2.11. The van der Waals surface area contributed by atoms with Crippen LogP contribution in [0.4, 0.5) is 5.82 Å². The second-order valence-corrected chi connectivity index (χ2v) is 10.8. The fourth-order valence-electron chi connectivity index (χ4n) is 5.75. The minimum absolute atomic E-state index is 0.454. The zero-order chi connectivity index (χ0) is 26.8. The molecule has 0 atom stereocenters. The van der Waals surface area contributed by atoms with E-state index in [2.05, 4.69) is 69.2 Å². The van der Waals surface area contributed by atoms with Gasteiger partial charge in [0.2, 0.25) is 0 Å². The van der Waals surface area contributed by atoms with Gasteiger partial charge in [-0.2, -0.15) is 0 Å². The molecule has 2 saturated heterocycles. The summed E-state index contributed by atoms with van der Waals surface area (Å²) in [5, 5.41) is 3.46. The summed E-state index contributed by atoms with van der Waals surface area (Å²) in [7, 11) is 0. The molecule has 0 aliphatic carbocycles. The zero-order valence-corrected chi connectivity index (χ0v) is 22.9. The van der Waals surface area contributed by atoms with Gasteiger partial charge in [-0.25, -0.2) is 15.0 Å². The van der Waals surface area contributed by atoms with Gasteiger partial charge in [-0.15, -0.1) is 0 Å². The van der Waals surface area contributed by atoms with Gasteiger partial charge >= 0.3 is 0 Å². The molecule has 5 heterocycles. The maximum atomic E-state index is 6.32. The molecular weight excluding hydrogens is 482 g/mol. The number of hydrogen-bond acceptors (Lipinski definition) is 6. The molecule has 0 bridgehead atoms. The predicted molar refractivity (Wildman–Crippen MR) is 159 cm³/mol. The molecule has 1 spiro atoms. The number of aromatic nitrogens is 4. The van der Waals surface area contributed by atoms with Gasteiger partial charge in [0.25, 0.3) is 0 Å². The van der Waals surface area contributed by atoms with Crippen molar-refractivity contribution in [3.8, 4) is 17.1 Å². The molecule has 7 heteroatoms. The first-order valence-corrected chi connectivity index (χ1v) is 14.1. The van der Waals surface area contributed by atoms with Gasteiger partial charge < -0.3 is 11.1 Å². The van der Waals surface area contributed by atoms with E-state index in [4.69, 9.17) is 15.7 Å². The Morgan fingerprint density at radius 2 is 1.85 bits per heavy atom. The third kappa shape index (κ3) is 5.00. The minimum Gasteiger partial charge on any atom is -0.383 e. The molecule has 2 fully saturated rings. The van der Waals surface area contributed by atoms with Gasteiger partial charge in [-0.1, -0.05) is 37.3 Å². The lowest BCUT2D eigenvalue weighted by Crippen LogP contribution is -2.58. The summed E-state index contributed by atoms with van der Waals surface area (Å²) in [4.78, 5) is 17.0. The van der Waals surface area contributed by atoms with Crippen molar-refractivity contribution in [2.24, 2.45) is 5.41 Å². The second kappa shape index (κ2) is 10.8. The summed E-state index contributed by atoms with van der Waals surface area (Å²) in [6, 6.07) is 16.8. The maximum Gasteiger partial charge on any atom is 0.165 e. The van der Waals surface area contributed by atoms with Crippen LogP contribution in [0.2, 0.25) is 0 Å². The number of nitrogens with one attached hydrogen (secondary N) is 1. The average molecular weight is 520 g/mol. The highest BCUT2D eigenvalue weighted by molar-refractivity contribution is 5.85. The van der Waals surface area contributed by atoms with E-state index in [1.165, 1.54) is 44.6 Å². The van der Waals surface area contributed by atoms with Crippen molar-refractivity contribution < 1.29 is 0 Å². The number of benzene rings is 1. The SMILES string of the molecule is C/C=C(\C=C/CC)c1ccc2nc(-c3cccnc3N)n(-c3ccc(CN4CCC5(CC4)CNC5)cc3)c2n1. The van der Waals surface area contributed by atoms with Gasteiger partial charge in [0.1, 0.15) is 11.3 Å². The highest BCUT2D eigenvalue weighted by atomic mass is 15.2. The molecule has 2 aliphatic rings. The van der Waals surface area contributed by atoms with Crippen molar-refractivity contribution in [1.29, 1.82) is 0 Å². The van der Waals surface area contributed by atoms with Crippen LogP contribution in [0.25, 0.3) is 33.8 Å². The van der Waals surface area contributed by atoms with Gasteiger partial charge in [0.15, 0.2) is 11.5 Å². The Morgan fingerprint density at radius 1 is 1.05 bits per heavy atom. The minimum atomic E-state index is 0.454. The van der Waals surface area contributed by atoms with Gasteiger partial charge in [-0.3, -0.25) is 9.47 Å². The first-order chi connectivity index (χ1) is 19.1. The Labute approximate surface area is 230 Å². The van der Waals surface area contributed by atoms with Crippen LogP contribution < -0.4 is 11.1 Å². The molecule has 200 valence electrons. The van der Waals surface area contributed by atoms with Crippen LogP contribution in [0.5, 0.6) is 0 Å². The smallest absolute Gasteiger partial charge is 0.165 e. The molecule has 39 heavy (non-hydrogen) atoms. The van der Waals surface area contributed by atoms with Crippen molar-refractivity contribution in [2.45, 2.75) is 39.7 Å². The summed E-state index contributed by atoms with van der Waals surface area (Å²) >= 11 is 0. The van der Waals surface area contributed by atoms with Crippen LogP contribution in [0, 0.1) is 5.41 Å². The predicted octanol–water partition coefficient (Wildman–Crippen LogP) is 5.62. The number of pyridine rings is 2. The number of fused-ring (bicyclic) bond motifs is 1. The second-order valence-electron chi connectivity index (χ2n) is 10.8. The van der Waals surface area contributed by atoms with Crippen molar-refractivity contribution in [1.82, 2.24) is 29.7 Å². The average Bonchev–Trinajstić information content (AvgIpc) is 3.32. The number of rotatable bonds is 7. The van der Waals surface area contributed by atoms with E-state index in [0.717, 1.165) is 52.5 Å². The van der Waals surface area contributed by atoms with E-state index >= 15 is 0 Å². The van der Waals surface area contributed by atoms with Crippen LogP contribution in [-0.4, -0.2) is 50.6 Å². The number of anilines is 1. The number of nitrogens with two attached hydrogens (primary N) is 1. The van der Waals surface area contributed by atoms with Crippen molar-refractivity contribution >= 4 is 22.6 Å². The van der Waals surface area contributed by atoms with Gasteiger partial charge in [-0.05, 0) is 92.2 Å². The summed E-state index contributed by atoms with van der Waals surface area (Å²) in [5.74, 6) is 1.20. The van der Waals surface area contributed by atoms with E-state index in [1.807, 2.05) is 31.2 Å². The highest BCUT2D eigenvalue weighted by Crippen LogP contribution is 2.36. The zero-order valence-electron chi connectivity index (χ0n) is 22.9. The standard InChI is InChI=1S/C32H37N7/c1-3-5-7-24(4-2)27-13-14-28-31(36-27)39(30(37-28)26-8-6-17-35-29(26)33)25-11-9-23(10-12-25)20-38-18-15-32(16-19-38)21-34-22-32/h4-14,17,34H,3,15-16,18-22H2,1-2H3,(H2,33,35)/b7-5-,24-4+. The normalized spacial score (nSPS) is 17.7.